The Hall–Kier alpha value is -1.01. The molecule has 102 valence electrons. The van der Waals surface area contributed by atoms with E-state index in [2.05, 4.69) is 41.8 Å². The molecule has 0 aliphatic heterocycles. The van der Waals surface area contributed by atoms with E-state index in [0.717, 1.165) is 4.47 Å². The van der Waals surface area contributed by atoms with Gasteiger partial charge in [-0.2, -0.15) is 4.39 Å². The Kier molecular flexibility index (Phi) is 3.60. The van der Waals surface area contributed by atoms with Gasteiger partial charge in [-0.25, -0.2) is 9.97 Å². The summed E-state index contributed by atoms with van der Waals surface area (Å²) < 4.78 is 68.7. The van der Waals surface area contributed by atoms with E-state index in [1.54, 1.807) is 6.07 Å². The van der Waals surface area contributed by atoms with Gasteiger partial charge in [0.1, 0.15) is 0 Å². The Bertz CT molecular complexity index is 673. The molecule has 0 radical (unpaired) electrons. The highest BCUT2D eigenvalue weighted by Crippen LogP contribution is 2.13. The Morgan fingerprint density at radius 3 is 2.21 bits per heavy atom. The summed E-state index contributed by atoms with van der Waals surface area (Å²) in [6, 6.07) is 5.68. The van der Waals surface area contributed by atoms with E-state index in [9.17, 15) is 4.39 Å². The van der Waals surface area contributed by atoms with Crippen LogP contribution in [0.15, 0.2) is 45.6 Å². The van der Waals surface area contributed by atoms with Crippen LogP contribution in [0.2, 0.25) is 0 Å². The average molecular weight is 399 g/mol. The zero-order valence-electron chi connectivity index (χ0n) is 16.4. The van der Waals surface area contributed by atoms with Crippen LogP contribution < -0.4 is 4.74 Å². The maximum Gasteiger partial charge on any atom is 0.213 e. The lowest BCUT2D eigenvalue weighted by molar-refractivity contribution is 0.232. The summed E-state index contributed by atoms with van der Waals surface area (Å²) >= 11 is 6.23. The lowest BCUT2D eigenvalue weighted by Gasteiger charge is -2.07. The number of rotatable bonds is 2. The fourth-order valence-corrected chi connectivity index (χ4v) is 1.35. The molecular weight excluding hydrogens is 379 g/mol. The van der Waals surface area contributed by atoms with Crippen molar-refractivity contribution < 1.29 is 18.7 Å². The molecule has 0 spiro atoms. The van der Waals surface area contributed by atoms with Crippen LogP contribution in [0.25, 0.3) is 0 Å². The summed E-state index contributed by atoms with van der Waals surface area (Å²) in [6.07, 6.45) is -0.328. The van der Waals surface area contributed by atoms with Crippen molar-refractivity contribution in [2.75, 3.05) is 0 Å². The minimum atomic E-state index is -3.13. The van der Waals surface area contributed by atoms with Gasteiger partial charge >= 0.3 is 0 Å². The number of hydrogen-bond donors (Lipinski definition) is 0. The van der Waals surface area contributed by atoms with Gasteiger partial charge in [-0.05, 0) is 63.8 Å². The molecule has 0 atom stereocenters. The van der Waals surface area contributed by atoms with Crippen LogP contribution in [0.4, 0.5) is 4.39 Å². The Balaban J connectivity index is 0.000000350. The SMILES string of the molecule is Fc1ccc(Br)cn1.[2H]C([2H])([2H])C([2H])(Oc1ccc(Br)cn1)C([2H])([2H])[2H]. The average Bonchev–Trinajstić information content (AvgIpc) is 2.51. The van der Waals surface area contributed by atoms with Gasteiger partial charge in [0, 0.05) is 35.6 Å². The minimum Gasteiger partial charge on any atom is -0.475 e. The fourth-order valence-electron chi connectivity index (χ4n) is 0.885. The van der Waals surface area contributed by atoms with Gasteiger partial charge in [0.05, 0.1) is 7.45 Å². The van der Waals surface area contributed by atoms with Crippen LogP contribution in [0.1, 0.15) is 23.3 Å². The van der Waals surface area contributed by atoms with Crippen molar-refractivity contribution in [3.8, 4) is 5.88 Å². The molecule has 19 heavy (non-hydrogen) atoms. The molecule has 0 N–H and O–H groups in total. The Labute approximate surface area is 138 Å². The summed E-state index contributed by atoms with van der Waals surface area (Å²) in [7, 11) is 0. The topological polar surface area (TPSA) is 35.0 Å². The predicted octanol–water partition coefficient (Wildman–Crippen LogP) is 4.61. The smallest absolute Gasteiger partial charge is 0.213 e. The van der Waals surface area contributed by atoms with Crippen LogP contribution >= 0.6 is 31.9 Å². The van der Waals surface area contributed by atoms with Crippen LogP contribution in [-0.2, 0) is 0 Å². The molecule has 0 saturated heterocycles. The van der Waals surface area contributed by atoms with E-state index in [-0.39, 0.29) is 5.88 Å². The normalized spacial score (nSPS) is 17.1. The Morgan fingerprint density at radius 2 is 1.79 bits per heavy atom. The third-order valence-electron chi connectivity index (χ3n) is 1.60. The molecule has 0 amide bonds. The van der Waals surface area contributed by atoms with E-state index in [1.807, 2.05) is 0 Å². The summed E-state index contributed by atoms with van der Waals surface area (Å²) in [5.74, 6) is -0.686. The lowest BCUT2D eigenvalue weighted by atomic mass is 10.4. The van der Waals surface area contributed by atoms with Gasteiger partial charge in [-0.15, -0.1) is 0 Å². The number of hydrogen-bond acceptors (Lipinski definition) is 3. The molecule has 2 aromatic heterocycles. The second kappa shape index (κ2) is 8.22. The third-order valence-corrected chi connectivity index (χ3v) is 2.54. The number of halogens is 3. The number of pyridine rings is 2. The first-order valence-electron chi connectivity index (χ1n) is 8.34. The Morgan fingerprint density at radius 1 is 1.16 bits per heavy atom. The molecule has 2 heterocycles. The molecule has 2 rings (SSSR count). The number of aromatic nitrogens is 2. The third kappa shape index (κ3) is 7.22. The van der Waals surface area contributed by atoms with Gasteiger partial charge < -0.3 is 4.74 Å². The van der Waals surface area contributed by atoms with E-state index >= 15 is 0 Å². The van der Waals surface area contributed by atoms with Crippen LogP contribution in [-0.4, -0.2) is 16.0 Å². The second-order valence-corrected chi connectivity index (χ2v) is 4.88. The van der Waals surface area contributed by atoms with Crippen molar-refractivity contribution in [2.24, 2.45) is 0 Å². The van der Waals surface area contributed by atoms with Crippen molar-refractivity contribution in [2.45, 2.75) is 19.8 Å². The van der Waals surface area contributed by atoms with E-state index in [4.69, 9.17) is 14.3 Å². The summed E-state index contributed by atoms with van der Waals surface area (Å²) in [5.41, 5.74) is 0. The van der Waals surface area contributed by atoms with Crippen LogP contribution in [0.5, 0.6) is 5.88 Å². The molecule has 6 heteroatoms. The quantitative estimate of drug-likeness (QED) is 0.692. The van der Waals surface area contributed by atoms with E-state index < -0.39 is 25.7 Å². The molecule has 3 nitrogen and oxygen atoms in total. The highest BCUT2D eigenvalue weighted by Gasteiger charge is 1.96. The fraction of sp³-hybridized carbons (Fsp3) is 0.231. The number of nitrogens with zero attached hydrogens (tertiary/aromatic N) is 2. The lowest BCUT2D eigenvalue weighted by Crippen LogP contribution is -2.06. The van der Waals surface area contributed by atoms with Gasteiger partial charge in [-0.1, -0.05) is 0 Å². The molecule has 0 unspecified atom stereocenters. The molecule has 0 aliphatic carbocycles. The molecule has 0 saturated carbocycles. The minimum absolute atomic E-state index is 0.236. The van der Waals surface area contributed by atoms with Crippen LogP contribution in [0, 0.1) is 5.95 Å². The molecule has 0 aromatic carbocycles. The monoisotopic (exact) mass is 397 g/mol. The molecular formula is C13H13Br2FN2O. The van der Waals surface area contributed by atoms with E-state index in [0.29, 0.717) is 4.47 Å². The molecule has 0 fully saturated rings. The largest absolute Gasteiger partial charge is 0.475 e. The number of ether oxygens (including phenoxy) is 1. The highest BCUT2D eigenvalue weighted by molar-refractivity contribution is 9.10. The van der Waals surface area contributed by atoms with Crippen molar-refractivity contribution in [3.05, 3.63) is 51.6 Å². The van der Waals surface area contributed by atoms with Gasteiger partial charge in [0.15, 0.2) is 0 Å². The zero-order chi connectivity index (χ0) is 20.2. The van der Waals surface area contributed by atoms with Crippen molar-refractivity contribution >= 4 is 31.9 Å². The first-order valence-corrected chi connectivity index (χ1v) is 6.42. The summed E-state index contributed by atoms with van der Waals surface area (Å²) in [4.78, 5) is 7.07. The summed E-state index contributed by atoms with van der Waals surface area (Å²) in [6.45, 7) is -6.26. The summed E-state index contributed by atoms with van der Waals surface area (Å²) in [5, 5.41) is 0. The molecule has 0 bridgehead atoms. The van der Waals surface area contributed by atoms with Gasteiger partial charge in [-0.3, -0.25) is 0 Å². The maximum absolute atomic E-state index is 12.0. The standard InChI is InChI=1S/C8H10BrNO.C5H3BrFN/c1-6(2)11-8-4-3-7(9)5-10-8;6-4-1-2-5(7)8-3-4/h3-6H,1-2H3;1-3H/i1D3,2D3,6D;. The van der Waals surface area contributed by atoms with Crippen molar-refractivity contribution in [3.63, 3.8) is 0 Å². The van der Waals surface area contributed by atoms with Crippen molar-refractivity contribution in [1.29, 1.82) is 0 Å². The van der Waals surface area contributed by atoms with Gasteiger partial charge in [0.25, 0.3) is 0 Å². The second-order valence-electron chi connectivity index (χ2n) is 3.04. The maximum atomic E-state index is 12.0. The van der Waals surface area contributed by atoms with Crippen molar-refractivity contribution in [1.82, 2.24) is 9.97 Å². The molecule has 2 aromatic rings. The zero-order valence-corrected chi connectivity index (χ0v) is 12.6. The van der Waals surface area contributed by atoms with Crippen LogP contribution in [0.3, 0.4) is 0 Å². The first-order chi connectivity index (χ1) is 11.8. The highest BCUT2D eigenvalue weighted by atomic mass is 79.9. The molecule has 0 aliphatic rings. The van der Waals surface area contributed by atoms with E-state index in [1.165, 1.54) is 30.6 Å². The van der Waals surface area contributed by atoms with Gasteiger partial charge in [0.2, 0.25) is 11.8 Å². The predicted molar refractivity (Wildman–Crippen MR) is 79.6 cm³/mol. The first kappa shape index (κ1) is 8.32.